The maximum atomic E-state index is 13.4. The van der Waals surface area contributed by atoms with Crippen LogP contribution in [0.1, 0.15) is 25.0 Å². The zero-order valence-corrected chi connectivity index (χ0v) is 15.8. The van der Waals surface area contributed by atoms with Gasteiger partial charge in [0, 0.05) is 30.8 Å². The van der Waals surface area contributed by atoms with E-state index >= 15 is 0 Å². The summed E-state index contributed by atoms with van der Waals surface area (Å²) in [6.07, 6.45) is 5.99. The van der Waals surface area contributed by atoms with Crippen LogP contribution in [0.25, 0.3) is 0 Å². The Labute approximate surface area is 166 Å². The van der Waals surface area contributed by atoms with Crippen molar-refractivity contribution in [2.24, 2.45) is 5.41 Å². The molecule has 0 spiro atoms. The molecule has 2 bridgehead atoms. The maximum absolute atomic E-state index is 13.4. The number of carbonyl (C=O) groups excluding carboxylic acids is 2. The van der Waals surface area contributed by atoms with Gasteiger partial charge in [0.1, 0.15) is 11.6 Å². The van der Waals surface area contributed by atoms with E-state index in [1.807, 2.05) is 0 Å². The topological polar surface area (TPSA) is 96.1 Å². The van der Waals surface area contributed by atoms with E-state index in [1.165, 1.54) is 12.1 Å². The summed E-state index contributed by atoms with van der Waals surface area (Å²) in [5.41, 5.74) is 0.228. The fourth-order valence-electron chi connectivity index (χ4n) is 4.13. The molecule has 0 saturated heterocycles. The summed E-state index contributed by atoms with van der Waals surface area (Å²) in [5.74, 6) is -0.615. The summed E-state index contributed by atoms with van der Waals surface area (Å²) in [5, 5.41) is 5.89. The number of halogens is 2. The summed E-state index contributed by atoms with van der Waals surface area (Å²) in [6, 6.07) is 4.01. The number of amides is 2. The Morgan fingerprint density at radius 2 is 2.11 bits per heavy atom. The molecule has 3 N–H and O–H groups in total. The van der Waals surface area contributed by atoms with Crippen molar-refractivity contribution in [1.82, 2.24) is 20.6 Å². The Balaban J connectivity index is 1.18. The van der Waals surface area contributed by atoms with E-state index in [-0.39, 0.29) is 40.1 Å². The first-order chi connectivity index (χ1) is 13.4. The zero-order valence-electron chi connectivity index (χ0n) is 15.1. The predicted octanol–water partition coefficient (Wildman–Crippen LogP) is 1.98. The lowest BCUT2D eigenvalue weighted by Gasteiger charge is -2.69. The molecule has 2 amide bonds. The van der Waals surface area contributed by atoms with Crippen LogP contribution in [-0.4, -0.2) is 40.5 Å². The Bertz CT molecular complexity index is 883. The van der Waals surface area contributed by atoms with E-state index in [4.69, 9.17) is 16.3 Å². The highest BCUT2D eigenvalue weighted by Crippen LogP contribution is 2.67. The van der Waals surface area contributed by atoms with Crippen LogP contribution in [-0.2, 0) is 16.0 Å². The van der Waals surface area contributed by atoms with Crippen LogP contribution >= 0.6 is 11.6 Å². The van der Waals surface area contributed by atoms with Crippen molar-refractivity contribution >= 4 is 23.4 Å². The van der Waals surface area contributed by atoms with Crippen LogP contribution < -0.4 is 15.4 Å². The molecule has 5 rings (SSSR count). The molecule has 1 heterocycles. The maximum Gasteiger partial charge on any atom is 0.258 e. The molecule has 1 aromatic heterocycles. The number of imidazole rings is 1. The van der Waals surface area contributed by atoms with Crippen LogP contribution in [0.3, 0.4) is 0 Å². The van der Waals surface area contributed by atoms with Gasteiger partial charge in [0.2, 0.25) is 5.91 Å². The van der Waals surface area contributed by atoms with Gasteiger partial charge in [-0.3, -0.25) is 9.59 Å². The van der Waals surface area contributed by atoms with Crippen LogP contribution in [0, 0.1) is 11.2 Å². The van der Waals surface area contributed by atoms with Crippen molar-refractivity contribution in [1.29, 1.82) is 0 Å². The van der Waals surface area contributed by atoms with Crippen molar-refractivity contribution in [2.75, 3.05) is 13.2 Å². The molecular formula is C19H20ClFN4O3. The monoisotopic (exact) mass is 406 g/mol. The Kier molecular flexibility index (Phi) is 4.74. The molecule has 7 nitrogen and oxygen atoms in total. The highest BCUT2D eigenvalue weighted by molar-refractivity contribution is 6.30. The second kappa shape index (κ2) is 7.09. The van der Waals surface area contributed by atoms with Gasteiger partial charge in [-0.25, -0.2) is 9.37 Å². The lowest BCUT2D eigenvalue weighted by molar-refractivity contribution is -0.183. The Morgan fingerprint density at radius 1 is 1.32 bits per heavy atom. The lowest BCUT2D eigenvalue weighted by atomic mass is 9.39. The summed E-state index contributed by atoms with van der Waals surface area (Å²) < 4.78 is 18.7. The summed E-state index contributed by atoms with van der Waals surface area (Å²) in [7, 11) is 0. The third-order valence-corrected chi connectivity index (χ3v) is 5.71. The number of rotatable bonds is 8. The van der Waals surface area contributed by atoms with Gasteiger partial charge < -0.3 is 20.4 Å². The highest BCUT2D eigenvalue weighted by Gasteiger charge is 2.72. The Hall–Kier alpha value is -2.61. The van der Waals surface area contributed by atoms with Gasteiger partial charge >= 0.3 is 0 Å². The van der Waals surface area contributed by atoms with E-state index in [0.29, 0.717) is 32.2 Å². The van der Waals surface area contributed by atoms with E-state index in [1.54, 1.807) is 12.5 Å². The van der Waals surface area contributed by atoms with E-state index < -0.39 is 5.82 Å². The molecule has 148 valence electrons. The number of aromatic nitrogens is 2. The van der Waals surface area contributed by atoms with Crippen molar-refractivity contribution in [3.63, 3.8) is 0 Å². The number of carbonyl (C=O) groups is 2. The number of aromatic amines is 1. The van der Waals surface area contributed by atoms with Crippen LogP contribution in [0.4, 0.5) is 4.39 Å². The molecule has 0 radical (unpaired) electrons. The minimum absolute atomic E-state index is 0.00129. The first-order valence-electron chi connectivity index (χ1n) is 9.05. The third kappa shape index (κ3) is 3.56. The Morgan fingerprint density at radius 3 is 2.79 bits per heavy atom. The van der Waals surface area contributed by atoms with E-state index in [9.17, 15) is 14.0 Å². The first kappa shape index (κ1) is 18.7. The second-order valence-electron chi connectivity index (χ2n) is 7.57. The average molecular weight is 407 g/mol. The molecule has 0 aliphatic heterocycles. The second-order valence-corrected chi connectivity index (χ2v) is 7.98. The highest BCUT2D eigenvalue weighted by atomic mass is 35.5. The molecule has 3 fully saturated rings. The summed E-state index contributed by atoms with van der Waals surface area (Å²) in [6.45, 7) is 0.321. The molecule has 2 aromatic rings. The number of hydrogen-bond acceptors (Lipinski definition) is 4. The van der Waals surface area contributed by atoms with Crippen molar-refractivity contribution in [3.8, 4) is 5.75 Å². The standard InChI is InChI=1S/C19H20ClFN4O3/c20-14-2-1-13(5-15(14)21)28-7-16(26)25-19-8-18(9-19,10-19)17(27)23-4-3-12-6-22-11-24-12/h1-2,5-6,11H,3-4,7-10H2,(H,22,24)(H,23,27)(H,25,26). The SMILES string of the molecule is O=C(COc1ccc(Cl)c(F)c1)NC12CC(C(=O)NCCc3c[nH]cn3)(C1)C2. The first-order valence-corrected chi connectivity index (χ1v) is 9.42. The normalized spacial score (nSPS) is 24.6. The van der Waals surface area contributed by atoms with Crippen molar-refractivity contribution in [2.45, 2.75) is 31.2 Å². The van der Waals surface area contributed by atoms with Gasteiger partial charge in [0.15, 0.2) is 6.61 Å². The zero-order chi connectivity index (χ0) is 19.8. The van der Waals surface area contributed by atoms with E-state index in [2.05, 4.69) is 20.6 Å². The summed E-state index contributed by atoms with van der Waals surface area (Å²) >= 11 is 5.61. The van der Waals surface area contributed by atoms with Crippen molar-refractivity contribution < 1.29 is 18.7 Å². The molecule has 0 unspecified atom stereocenters. The van der Waals surface area contributed by atoms with E-state index in [0.717, 1.165) is 11.8 Å². The molecule has 3 aliphatic carbocycles. The molecule has 3 saturated carbocycles. The molecule has 3 aliphatic rings. The number of ether oxygens (including phenoxy) is 1. The van der Waals surface area contributed by atoms with Gasteiger partial charge in [-0.05, 0) is 31.4 Å². The van der Waals surface area contributed by atoms with Crippen LogP contribution in [0.5, 0.6) is 5.75 Å². The smallest absolute Gasteiger partial charge is 0.258 e. The molecule has 1 aromatic carbocycles. The number of H-pyrrole nitrogens is 1. The van der Waals surface area contributed by atoms with Crippen molar-refractivity contribution in [3.05, 3.63) is 47.3 Å². The number of nitrogens with one attached hydrogen (secondary N) is 3. The third-order valence-electron chi connectivity index (χ3n) is 5.40. The molecule has 9 heteroatoms. The predicted molar refractivity (Wildman–Crippen MR) is 99.4 cm³/mol. The minimum atomic E-state index is -0.598. The van der Waals surface area contributed by atoms with Gasteiger partial charge in [0.05, 0.1) is 22.5 Å². The summed E-state index contributed by atoms with van der Waals surface area (Å²) in [4.78, 5) is 31.5. The molecule has 0 atom stereocenters. The quantitative estimate of drug-likeness (QED) is 0.624. The molecular weight excluding hydrogens is 387 g/mol. The fourth-order valence-corrected chi connectivity index (χ4v) is 4.25. The van der Waals surface area contributed by atoms with Crippen LogP contribution in [0.15, 0.2) is 30.7 Å². The largest absolute Gasteiger partial charge is 0.484 e. The number of hydrogen-bond donors (Lipinski definition) is 3. The number of nitrogens with zero attached hydrogens (tertiary/aromatic N) is 1. The lowest BCUT2D eigenvalue weighted by Crippen LogP contribution is -2.78. The van der Waals surface area contributed by atoms with Gasteiger partial charge in [-0.2, -0.15) is 0 Å². The van der Waals surface area contributed by atoms with Gasteiger partial charge in [-0.15, -0.1) is 0 Å². The minimum Gasteiger partial charge on any atom is -0.484 e. The van der Waals surface area contributed by atoms with Gasteiger partial charge in [0.25, 0.3) is 5.91 Å². The van der Waals surface area contributed by atoms with Gasteiger partial charge in [-0.1, -0.05) is 11.6 Å². The fraction of sp³-hybridized carbons (Fsp3) is 0.421. The number of benzene rings is 1. The average Bonchev–Trinajstić information content (AvgIpc) is 3.11. The molecule has 28 heavy (non-hydrogen) atoms. The van der Waals surface area contributed by atoms with Crippen LogP contribution in [0.2, 0.25) is 5.02 Å².